The number of carbonyl (C=O) groups is 1. The highest BCUT2D eigenvalue weighted by molar-refractivity contribution is 5.95. The van der Waals surface area contributed by atoms with Crippen LogP contribution in [0.15, 0.2) is 0 Å². The molecule has 2 fully saturated rings. The van der Waals surface area contributed by atoms with Crippen LogP contribution in [0.25, 0.3) is 0 Å². The van der Waals surface area contributed by atoms with Gasteiger partial charge in [0.1, 0.15) is 5.56 Å². The van der Waals surface area contributed by atoms with Crippen LogP contribution in [0.1, 0.15) is 40.9 Å². The number of aryl methyl sites for hydroxylation is 1. The Kier molecular flexibility index (Phi) is 3.80. The molecule has 1 aromatic rings. The standard InChI is InChI=1S/C15H22N4O2/c1-10-11(2)16-17-14(13(10)15(20)21)19-8-7-18-6-4-3-5-12(18)9-19/h12H,3-9H2,1-2H3,(H,20,21). The van der Waals surface area contributed by atoms with Crippen LogP contribution >= 0.6 is 0 Å². The van der Waals surface area contributed by atoms with Gasteiger partial charge in [-0.2, -0.15) is 5.10 Å². The molecule has 0 bridgehead atoms. The number of carboxylic acid groups (broad SMARTS) is 1. The van der Waals surface area contributed by atoms with Crippen molar-refractivity contribution in [3.8, 4) is 0 Å². The van der Waals surface area contributed by atoms with Gasteiger partial charge in [-0.05, 0) is 38.8 Å². The number of hydrogen-bond acceptors (Lipinski definition) is 5. The highest BCUT2D eigenvalue weighted by Gasteiger charge is 2.32. The fraction of sp³-hybridized carbons (Fsp3) is 0.667. The van der Waals surface area contributed by atoms with Crippen molar-refractivity contribution in [3.05, 3.63) is 16.8 Å². The first-order valence-corrected chi connectivity index (χ1v) is 7.64. The first-order chi connectivity index (χ1) is 10.1. The molecule has 0 spiro atoms. The number of hydrogen-bond donors (Lipinski definition) is 1. The zero-order valence-electron chi connectivity index (χ0n) is 12.7. The molecule has 114 valence electrons. The van der Waals surface area contributed by atoms with Gasteiger partial charge in [-0.25, -0.2) is 4.79 Å². The van der Waals surface area contributed by atoms with Crippen molar-refractivity contribution in [1.29, 1.82) is 0 Å². The molecule has 0 radical (unpaired) electrons. The largest absolute Gasteiger partial charge is 0.478 e. The molecule has 0 aromatic carbocycles. The molecule has 3 rings (SSSR count). The Balaban J connectivity index is 1.90. The average molecular weight is 290 g/mol. The molecule has 6 nitrogen and oxygen atoms in total. The molecule has 6 heteroatoms. The third-order valence-corrected chi connectivity index (χ3v) is 4.79. The maximum Gasteiger partial charge on any atom is 0.339 e. The van der Waals surface area contributed by atoms with Gasteiger partial charge in [0.15, 0.2) is 5.82 Å². The van der Waals surface area contributed by atoms with Gasteiger partial charge in [-0.15, -0.1) is 5.10 Å². The topological polar surface area (TPSA) is 69.6 Å². The van der Waals surface area contributed by atoms with Crippen molar-refractivity contribution >= 4 is 11.8 Å². The van der Waals surface area contributed by atoms with Crippen molar-refractivity contribution < 1.29 is 9.90 Å². The summed E-state index contributed by atoms with van der Waals surface area (Å²) in [4.78, 5) is 16.2. The molecule has 2 aliphatic heterocycles. The lowest BCUT2D eigenvalue weighted by Crippen LogP contribution is -2.55. The zero-order valence-corrected chi connectivity index (χ0v) is 12.7. The van der Waals surface area contributed by atoms with E-state index in [1.807, 2.05) is 6.92 Å². The molecular formula is C15H22N4O2. The highest BCUT2D eigenvalue weighted by atomic mass is 16.4. The second kappa shape index (κ2) is 5.60. The van der Waals surface area contributed by atoms with E-state index in [0.717, 1.165) is 25.2 Å². The predicted molar refractivity (Wildman–Crippen MR) is 79.9 cm³/mol. The third-order valence-electron chi connectivity index (χ3n) is 4.79. The minimum atomic E-state index is -0.911. The molecular weight excluding hydrogens is 268 g/mol. The monoisotopic (exact) mass is 290 g/mol. The van der Waals surface area contributed by atoms with Crippen molar-refractivity contribution in [2.24, 2.45) is 0 Å². The maximum atomic E-state index is 11.6. The molecule has 3 heterocycles. The Morgan fingerprint density at radius 2 is 2.00 bits per heavy atom. The minimum Gasteiger partial charge on any atom is -0.478 e. The van der Waals surface area contributed by atoms with E-state index in [4.69, 9.17) is 0 Å². The molecule has 2 aliphatic rings. The van der Waals surface area contributed by atoms with E-state index < -0.39 is 5.97 Å². The van der Waals surface area contributed by atoms with E-state index in [-0.39, 0.29) is 0 Å². The van der Waals surface area contributed by atoms with Crippen LogP contribution in [0.4, 0.5) is 5.82 Å². The molecule has 1 unspecified atom stereocenters. The highest BCUT2D eigenvalue weighted by Crippen LogP contribution is 2.27. The molecule has 1 N–H and O–H groups in total. The van der Waals surface area contributed by atoms with Gasteiger partial charge in [-0.3, -0.25) is 4.90 Å². The van der Waals surface area contributed by atoms with Gasteiger partial charge in [0, 0.05) is 25.7 Å². The number of aromatic carboxylic acids is 1. The summed E-state index contributed by atoms with van der Waals surface area (Å²) in [5.74, 6) is -0.373. The second-order valence-electron chi connectivity index (χ2n) is 6.05. The van der Waals surface area contributed by atoms with Gasteiger partial charge in [0.25, 0.3) is 0 Å². The lowest BCUT2D eigenvalue weighted by Gasteiger charge is -2.44. The molecule has 1 atom stereocenters. The van der Waals surface area contributed by atoms with Crippen LogP contribution in [0, 0.1) is 13.8 Å². The van der Waals surface area contributed by atoms with Gasteiger partial charge in [0.2, 0.25) is 0 Å². The van der Waals surface area contributed by atoms with Crippen LogP contribution in [0.5, 0.6) is 0 Å². The van der Waals surface area contributed by atoms with Gasteiger partial charge < -0.3 is 10.0 Å². The Hall–Kier alpha value is -1.69. The summed E-state index contributed by atoms with van der Waals surface area (Å²) >= 11 is 0. The maximum absolute atomic E-state index is 11.6. The van der Waals surface area contributed by atoms with Crippen LogP contribution in [-0.4, -0.2) is 58.4 Å². The minimum absolute atomic E-state index is 0.312. The van der Waals surface area contributed by atoms with Gasteiger partial charge >= 0.3 is 5.97 Å². The van der Waals surface area contributed by atoms with E-state index >= 15 is 0 Å². The van der Waals surface area contributed by atoms with Gasteiger partial charge in [-0.1, -0.05) is 6.42 Å². The first-order valence-electron chi connectivity index (χ1n) is 7.64. The summed E-state index contributed by atoms with van der Waals surface area (Å²) < 4.78 is 0. The number of anilines is 1. The van der Waals surface area contributed by atoms with Crippen molar-refractivity contribution in [3.63, 3.8) is 0 Å². The quantitative estimate of drug-likeness (QED) is 0.889. The predicted octanol–water partition coefficient (Wildman–Crippen LogP) is 1.47. The number of aromatic nitrogens is 2. The summed E-state index contributed by atoms with van der Waals surface area (Å²) in [6, 6.07) is 0.526. The fourth-order valence-electron chi connectivity index (χ4n) is 3.42. The number of carboxylic acids is 1. The second-order valence-corrected chi connectivity index (χ2v) is 6.05. The third kappa shape index (κ3) is 2.60. The molecule has 1 aromatic heterocycles. The normalized spacial score (nSPS) is 23.0. The number of piperazine rings is 1. The molecule has 2 saturated heterocycles. The Morgan fingerprint density at radius 3 is 2.76 bits per heavy atom. The van der Waals surface area contributed by atoms with E-state index in [1.54, 1.807) is 6.92 Å². The number of rotatable bonds is 2. The number of piperidine rings is 1. The average Bonchev–Trinajstić information content (AvgIpc) is 2.49. The smallest absolute Gasteiger partial charge is 0.339 e. The van der Waals surface area contributed by atoms with Crippen molar-refractivity contribution in [2.45, 2.75) is 39.2 Å². The Labute approximate surface area is 124 Å². The summed E-state index contributed by atoms with van der Waals surface area (Å²) in [5, 5.41) is 17.9. The lowest BCUT2D eigenvalue weighted by molar-refractivity contribution is 0.0695. The Bertz CT molecular complexity index is 561. The summed E-state index contributed by atoms with van der Waals surface area (Å²) in [5.41, 5.74) is 1.72. The number of fused-ring (bicyclic) bond motifs is 1. The van der Waals surface area contributed by atoms with Crippen LogP contribution in [0.2, 0.25) is 0 Å². The van der Waals surface area contributed by atoms with E-state index in [2.05, 4.69) is 20.0 Å². The molecule has 0 amide bonds. The van der Waals surface area contributed by atoms with Crippen molar-refractivity contribution in [1.82, 2.24) is 15.1 Å². The Morgan fingerprint density at radius 1 is 1.19 bits per heavy atom. The first kappa shape index (κ1) is 14.3. The number of nitrogens with zero attached hydrogens (tertiary/aromatic N) is 4. The van der Waals surface area contributed by atoms with Gasteiger partial charge in [0.05, 0.1) is 5.69 Å². The van der Waals surface area contributed by atoms with E-state index in [0.29, 0.717) is 23.1 Å². The van der Waals surface area contributed by atoms with Crippen LogP contribution in [-0.2, 0) is 0 Å². The SMILES string of the molecule is Cc1nnc(N2CCN3CCCCC3C2)c(C(=O)O)c1C. The molecule has 0 aliphatic carbocycles. The zero-order chi connectivity index (χ0) is 15.0. The van der Waals surface area contributed by atoms with Crippen LogP contribution in [0.3, 0.4) is 0 Å². The van der Waals surface area contributed by atoms with E-state index in [1.165, 1.54) is 25.8 Å². The van der Waals surface area contributed by atoms with E-state index in [9.17, 15) is 9.90 Å². The summed E-state index contributed by atoms with van der Waals surface area (Å²) in [7, 11) is 0. The van der Waals surface area contributed by atoms with Crippen molar-refractivity contribution in [2.75, 3.05) is 31.1 Å². The molecule has 21 heavy (non-hydrogen) atoms. The summed E-state index contributed by atoms with van der Waals surface area (Å²) in [6.07, 6.45) is 3.73. The summed E-state index contributed by atoms with van der Waals surface area (Å²) in [6.45, 7) is 7.46. The lowest BCUT2D eigenvalue weighted by atomic mass is 9.99. The van der Waals surface area contributed by atoms with Crippen LogP contribution < -0.4 is 4.90 Å². The molecule has 0 saturated carbocycles. The fourth-order valence-corrected chi connectivity index (χ4v) is 3.42.